The van der Waals surface area contributed by atoms with Crippen LogP contribution in [0.3, 0.4) is 0 Å². The number of carbonyl (C=O) groups is 1. The van der Waals surface area contributed by atoms with Crippen LogP contribution in [0, 0.1) is 13.8 Å². The Hall–Kier alpha value is -2.15. The number of likely N-dealkylation sites (tertiary alicyclic amines) is 1. The van der Waals surface area contributed by atoms with Crippen LogP contribution >= 0.6 is 0 Å². The predicted octanol–water partition coefficient (Wildman–Crippen LogP) is 1.21. The van der Waals surface area contributed by atoms with E-state index in [0.717, 1.165) is 25.2 Å². The number of hydrogen-bond donors (Lipinski definition) is 1. The summed E-state index contributed by atoms with van der Waals surface area (Å²) >= 11 is 0. The van der Waals surface area contributed by atoms with Crippen LogP contribution in [-0.2, 0) is 11.3 Å². The van der Waals surface area contributed by atoms with Gasteiger partial charge in [-0.25, -0.2) is 4.98 Å². The second kappa shape index (κ2) is 7.17. The van der Waals surface area contributed by atoms with Crippen molar-refractivity contribution in [3.05, 3.63) is 28.0 Å². The molecule has 1 amide bonds. The molecule has 0 unspecified atom stereocenters. The number of aryl methyl sites for hydroxylation is 2. The molecular weight excluding hydrogens is 308 g/mol. The second-order valence-electron chi connectivity index (χ2n) is 6.39. The Kier molecular flexibility index (Phi) is 4.99. The molecule has 3 heterocycles. The maximum atomic E-state index is 12.5. The maximum absolute atomic E-state index is 12.5. The van der Waals surface area contributed by atoms with Gasteiger partial charge in [0.1, 0.15) is 24.0 Å². The fraction of sp³-hybridized carbons (Fsp3) is 0.588. The number of aromatic nitrogens is 2. The molecule has 7 nitrogen and oxygen atoms in total. The first kappa shape index (κ1) is 16.7. The van der Waals surface area contributed by atoms with Gasteiger partial charge in [-0.1, -0.05) is 6.42 Å². The van der Waals surface area contributed by atoms with Crippen molar-refractivity contribution in [3.8, 4) is 0 Å². The zero-order chi connectivity index (χ0) is 17.1. The van der Waals surface area contributed by atoms with E-state index in [9.17, 15) is 9.59 Å². The molecule has 7 heteroatoms. The standard InChI is InChI=1S/C17H24N4O3/c1-12-13(2)24-16-15(12)17(23)21(11-19-16)10-14(22)18-6-9-20-7-4-3-5-8-20/h11H,3-10H2,1-2H3,(H,18,22). The van der Waals surface area contributed by atoms with Crippen molar-refractivity contribution < 1.29 is 9.21 Å². The number of nitrogens with zero attached hydrogens (tertiary/aromatic N) is 3. The first-order valence-corrected chi connectivity index (χ1v) is 8.50. The van der Waals surface area contributed by atoms with Crippen LogP contribution in [0.2, 0.25) is 0 Å². The van der Waals surface area contributed by atoms with Gasteiger partial charge in [-0.2, -0.15) is 0 Å². The summed E-state index contributed by atoms with van der Waals surface area (Å²) < 4.78 is 6.77. The van der Waals surface area contributed by atoms with Gasteiger partial charge in [0.2, 0.25) is 11.6 Å². The Morgan fingerprint density at radius 1 is 1.29 bits per heavy atom. The molecule has 0 radical (unpaired) electrons. The van der Waals surface area contributed by atoms with Crippen molar-refractivity contribution in [3.63, 3.8) is 0 Å². The highest BCUT2D eigenvalue weighted by Gasteiger charge is 2.15. The topological polar surface area (TPSA) is 80.4 Å². The van der Waals surface area contributed by atoms with Crippen molar-refractivity contribution in [2.24, 2.45) is 0 Å². The number of hydrogen-bond acceptors (Lipinski definition) is 5. The molecule has 0 spiro atoms. The summed E-state index contributed by atoms with van der Waals surface area (Å²) in [7, 11) is 0. The third kappa shape index (κ3) is 3.51. The number of fused-ring (bicyclic) bond motifs is 1. The second-order valence-corrected chi connectivity index (χ2v) is 6.39. The Labute approximate surface area is 140 Å². The molecule has 1 saturated heterocycles. The molecule has 130 valence electrons. The maximum Gasteiger partial charge on any atom is 0.265 e. The minimum atomic E-state index is -0.236. The van der Waals surface area contributed by atoms with E-state index in [0.29, 0.717) is 23.4 Å². The van der Waals surface area contributed by atoms with Crippen LogP contribution in [0.1, 0.15) is 30.6 Å². The van der Waals surface area contributed by atoms with Gasteiger partial charge in [0.25, 0.3) is 5.56 Å². The fourth-order valence-electron chi connectivity index (χ4n) is 3.13. The summed E-state index contributed by atoms with van der Waals surface area (Å²) in [4.78, 5) is 31.1. The minimum absolute atomic E-state index is 0.0224. The molecule has 0 aliphatic carbocycles. The molecule has 1 aliphatic rings. The zero-order valence-corrected chi connectivity index (χ0v) is 14.3. The SMILES string of the molecule is Cc1oc2ncn(CC(=O)NCCN3CCCCC3)c(=O)c2c1C. The lowest BCUT2D eigenvalue weighted by atomic mass is 10.1. The predicted molar refractivity (Wildman–Crippen MR) is 91.0 cm³/mol. The first-order valence-electron chi connectivity index (χ1n) is 8.50. The van der Waals surface area contributed by atoms with E-state index in [1.54, 1.807) is 6.92 Å². The largest absolute Gasteiger partial charge is 0.443 e. The molecule has 0 aromatic carbocycles. The highest BCUT2D eigenvalue weighted by Crippen LogP contribution is 2.18. The number of nitrogens with one attached hydrogen (secondary N) is 1. The van der Waals surface area contributed by atoms with Gasteiger partial charge in [0.15, 0.2) is 0 Å². The van der Waals surface area contributed by atoms with Gasteiger partial charge >= 0.3 is 0 Å². The normalized spacial score (nSPS) is 15.8. The van der Waals surface area contributed by atoms with Gasteiger partial charge in [-0.05, 0) is 39.8 Å². The molecule has 1 aliphatic heterocycles. The molecule has 0 bridgehead atoms. The average Bonchev–Trinajstić information content (AvgIpc) is 2.86. The first-order chi connectivity index (χ1) is 11.6. The van der Waals surface area contributed by atoms with E-state index in [-0.39, 0.29) is 18.0 Å². The Bertz CT molecular complexity index is 787. The van der Waals surface area contributed by atoms with E-state index >= 15 is 0 Å². The summed E-state index contributed by atoms with van der Waals surface area (Å²) in [5.41, 5.74) is 0.875. The van der Waals surface area contributed by atoms with E-state index in [2.05, 4.69) is 15.2 Å². The average molecular weight is 332 g/mol. The summed E-state index contributed by atoms with van der Waals surface area (Å²) in [6.45, 7) is 7.28. The van der Waals surface area contributed by atoms with Crippen LogP contribution in [0.25, 0.3) is 11.1 Å². The number of carbonyl (C=O) groups excluding carboxylic acids is 1. The third-order valence-corrected chi connectivity index (χ3v) is 4.67. The Morgan fingerprint density at radius 2 is 2.04 bits per heavy atom. The molecular formula is C17H24N4O3. The van der Waals surface area contributed by atoms with E-state index in [4.69, 9.17) is 4.42 Å². The highest BCUT2D eigenvalue weighted by atomic mass is 16.3. The Balaban J connectivity index is 1.60. The zero-order valence-electron chi connectivity index (χ0n) is 14.3. The number of piperidine rings is 1. The molecule has 2 aromatic heterocycles. The lowest BCUT2D eigenvalue weighted by Crippen LogP contribution is -2.39. The van der Waals surface area contributed by atoms with E-state index in [1.165, 1.54) is 30.2 Å². The quantitative estimate of drug-likeness (QED) is 0.890. The van der Waals surface area contributed by atoms with Crippen molar-refractivity contribution in [2.75, 3.05) is 26.2 Å². The minimum Gasteiger partial charge on any atom is -0.443 e. The van der Waals surface area contributed by atoms with Crippen molar-refractivity contribution in [1.82, 2.24) is 19.8 Å². The Morgan fingerprint density at radius 3 is 2.79 bits per heavy atom. The number of rotatable bonds is 5. The highest BCUT2D eigenvalue weighted by molar-refractivity contribution is 5.79. The van der Waals surface area contributed by atoms with Gasteiger partial charge < -0.3 is 14.6 Å². The van der Waals surface area contributed by atoms with Crippen LogP contribution < -0.4 is 10.9 Å². The van der Waals surface area contributed by atoms with Gasteiger partial charge in [0, 0.05) is 18.7 Å². The summed E-state index contributed by atoms with van der Waals surface area (Å²) in [5.74, 6) is 0.506. The molecule has 3 rings (SSSR count). The van der Waals surface area contributed by atoms with Crippen LogP contribution in [-0.4, -0.2) is 46.5 Å². The van der Waals surface area contributed by atoms with E-state index < -0.39 is 0 Å². The molecule has 1 fully saturated rings. The summed E-state index contributed by atoms with van der Waals surface area (Å²) in [6.07, 6.45) is 5.14. The summed E-state index contributed by atoms with van der Waals surface area (Å²) in [5, 5.41) is 3.34. The lowest BCUT2D eigenvalue weighted by molar-refractivity contribution is -0.121. The molecule has 1 N–H and O–H groups in total. The smallest absolute Gasteiger partial charge is 0.265 e. The van der Waals surface area contributed by atoms with Crippen LogP contribution in [0.15, 0.2) is 15.5 Å². The van der Waals surface area contributed by atoms with Gasteiger partial charge in [-0.3, -0.25) is 14.2 Å². The number of amides is 1. The summed E-state index contributed by atoms with van der Waals surface area (Å²) in [6, 6.07) is 0. The lowest BCUT2D eigenvalue weighted by Gasteiger charge is -2.26. The van der Waals surface area contributed by atoms with Crippen molar-refractivity contribution in [2.45, 2.75) is 39.7 Å². The van der Waals surface area contributed by atoms with E-state index in [1.807, 2.05) is 6.92 Å². The molecule has 24 heavy (non-hydrogen) atoms. The molecule has 0 saturated carbocycles. The van der Waals surface area contributed by atoms with Crippen LogP contribution in [0.4, 0.5) is 0 Å². The molecule has 2 aromatic rings. The van der Waals surface area contributed by atoms with Crippen molar-refractivity contribution >= 4 is 17.0 Å². The van der Waals surface area contributed by atoms with Crippen LogP contribution in [0.5, 0.6) is 0 Å². The number of furan rings is 1. The van der Waals surface area contributed by atoms with Crippen molar-refractivity contribution in [1.29, 1.82) is 0 Å². The molecule has 0 atom stereocenters. The monoisotopic (exact) mass is 332 g/mol. The van der Waals surface area contributed by atoms with Gasteiger partial charge in [0.05, 0.1) is 0 Å². The fourth-order valence-corrected chi connectivity index (χ4v) is 3.13. The third-order valence-electron chi connectivity index (χ3n) is 4.67. The van der Waals surface area contributed by atoms with Gasteiger partial charge in [-0.15, -0.1) is 0 Å².